The fraction of sp³-hybridized carbons (Fsp3) is 0.333. The van der Waals surface area contributed by atoms with Gasteiger partial charge >= 0.3 is 0 Å². The number of hydrogen-bond donors (Lipinski definition) is 1. The fourth-order valence-corrected chi connectivity index (χ4v) is 3.51. The number of anilines is 1. The molecule has 1 atom stereocenters. The molecule has 3 rings (SSSR count). The lowest BCUT2D eigenvalue weighted by Crippen LogP contribution is -2.25. The highest BCUT2D eigenvalue weighted by atomic mass is 32.1. The number of aromatic nitrogens is 4. The van der Waals surface area contributed by atoms with E-state index in [9.17, 15) is 4.79 Å². The smallest absolute Gasteiger partial charge is 0.250 e. The number of carbonyl (C=O) groups excluding carboxylic acids is 1. The number of hydrogen-bond acceptors (Lipinski definition) is 5. The second kappa shape index (κ2) is 7.14. The van der Waals surface area contributed by atoms with Crippen LogP contribution in [-0.2, 0) is 11.2 Å². The number of rotatable bonds is 5. The Balaban J connectivity index is 1.66. The summed E-state index contributed by atoms with van der Waals surface area (Å²) in [7, 11) is 0. The zero-order chi connectivity index (χ0) is 18.0. The van der Waals surface area contributed by atoms with Crippen LogP contribution in [0.25, 0.3) is 0 Å². The van der Waals surface area contributed by atoms with Crippen molar-refractivity contribution in [1.82, 2.24) is 20.0 Å². The van der Waals surface area contributed by atoms with Crippen LogP contribution in [0.15, 0.2) is 30.3 Å². The molecular formula is C18H21N5OS. The largest absolute Gasteiger partial charge is 0.299 e. The van der Waals surface area contributed by atoms with Gasteiger partial charge in [-0.15, -0.1) is 10.2 Å². The maximum atomic E-state index is 12.5. The van der Waals surface area contributed by atoms with Crippen LogP contribution >= 0.6 is 11.3 Å². The Morgan fingerprint density at radius 1 is 1.24 bits per heavy atom. The van der Waals surface area contributed by atoms with Crippen molar-refractivity contribution in [2.75, 3.05) is 5.32 Å². The standard InChI is InChI=1S/C18H21N5OS/c1-11-6-5-7-15(8-11)10-16-20-21-18(25-16)19-17(24)14(4)23-13(3)9-12(2)22-23/h5-9,14H,10H2,1-4H3,(H,19,21,24). The molecule has 0 spiro atoms. The van der Waals surface area contributed by atoms with Crippen molar-refractivity contribution in [3.63, 3.8) is 0 Å². The Morgan fingerprint density at radius 2 is 2.04 bits per heavy atom. The van der Waals surface area contributed by atoms with Crippen molar-refractivity contribution in [3.8, 4) is 0 Å². The Labute approximate surface area is 150 Å². The first-order valence-corrected chi connectivity index (χ1v) is 8.95. The van der Waals surface area contributed by atoms with Crippen LogP contribution in [-0.4, -0.2) is 25.9 Å². The van der Waals surface area contributed by atoms with Gasteiger partial charge in [-0.25, -0.2) is 0 Å². The average molecular weight is 355 g/mol. The molecule has 6 nitrogen and oxygen atoms in total. The van der Waals surface area contributed by atoms with E-state index < -0.39 is 6.04 Å². The van der Waals surface area contributed by atoms with Gasteiger partial charge in [-0.05, 0) is 39.3 Å². The summed E-state index contributed by atoms with van der Waals surface area (Å²) in [4.78, 5) is 12.5. The van der Waals surface area contributed by atoms with Crippen molar-refractivity contribution in [2.45, 2.75) is 40.2 Å². The Kier molecular flexibility index (Phi) is 4.94. The Morgan fingerprint density at radius 3 is 2.72 bits per heavy atom. The van der Waals surface area contributed by atoms with Gasteiger partial charge < -0.3 is 0 Å². The predicted octanol–water partition coefficient (Wildman–Crippen LogP) is 3.45. The van der Waals surface area contributed by atoms with E-state index in [0.717, 1.165) is 16.4 Å². The van der Waals surface area contributed by atoms with Crippen LogP contribution < -0.4 is 5.32 Å². The van der Waals surface area contributed by atoms with Gasteiger partial charge in [-0.1, -0.05) is 41.2 Å². The number of benzene rings is 1. The molecule has 2 heterocycles. The SMILES string of the molecule is Cc1cccc(Cc2nnc(NC(=O)C(C)n3nc(C)cc3C)s2)c1. The van der Waals surface area contributed by atoms with Crippen LogP contribution in [0.5, 0.6) is 0 Å². The van der Waals surface area contributed by atoms with Crippen LogP contribution in [0.3, 0.4) is 0 Å². The molecule has 0 aliphatic carbocycles. The molecule has 3 aromatic rings. The molecule has 1 amide bonds. The molecule has 2 aromatic heterocycles. The minimum Gasteiger partial charge on any atom is -0.299 e. The third-order valence-electron chi connectivity index (χ3n) is 3.93. The lowest BCUT2D eigenvalue weighted by molar-refractivity contribution is -0.119. The highest BCUT2D eigenvalue weighted by Gasteiger charge is 2.19. The van der Waals surface area contributed by atoms with E-state index in [1.807, 2.05) is 32.9 Å². The van der Waals surface area contributed by atoms with Crippen molar-refractivity contribution >= 4 is 22.4 Å². The highest BCUT2D eigenvalue weighted by Crippen LogP contribution is 2.20. The molecule has 1 aromatic carbocycles. The number of carbonyl (C=O) groups is 1. The molecule has 0 aliphatic heterocycles. The lowest BCUT2D eigenvalue weighted by atomic mass is 10.1. The van der Waals surface area contributed by atoms with Gasteiger partial charge in [0.25, 0.3) is 5.91 Å². The first-order chi connectivity index (χ1) is 11.9. The Bertz CT molecular complexity index is 899. The second-order valence-corrected chi connectivity index (χ2v) is 7.27. The Hall–Kier alpha value is -2.54. The zero-order valence-electron chi connectivity index (χ0n) is 14.8. The zero-order valence-corrected chi connectivity index (χ0v) is 15.6. The number of aryl methyl sites for hydroxylation is 3. The highest BCUT2D eigenvalue weighted by molar-refractivity contribution is 7.15. The molecule has 25 heavy (non-hydrogen) atoms. The van der Waals surface area contributed by atoms with E-state index in [-0.39, 0.29) is 5.91 Å². The molecule has 0 saturated carbocycles. The maximum absolute atomic E-state index is 12.5. The van der Waals surface area contributed by atoms with Gasteiger partial charge in [0.1, 0.15) is 11.0 Å². The van der Waals surface area contributed by atoms with Gasteiger partial charge in [0.15, 0.2) is 0 Å². The predicted molar refractivity (Wildman–Crippen MR) is 98.9 cm³/mol. The summed E-state index contributed by atoms with van der Waals surface area (Å²) < 4.78 is 1.72. The minimum absolute atomic E-state index is 0.149. The number of nitrogens with zero attached hydrogens (tertiary/aromatic N) is 4. The topological polar surface area (TPSA) is 72.7 Å². The van der Waals surface area contributed by atoms with Crippen molar-refractivity contribution in [3.05, 3.63) is 57.9 Å². The summed E-state index contributed by atoms with van der Waals surface area (Å²) in [5.74, 6) is -0.149. The third-order valence-corrected chi connectivity index (χ3v) is 4.76. The molecule has 0 radical (unpaired) electrons. The fourth-order valence-electron chi connectivity index (χ4n) is 2.73. The molecule has 0 bridgehead atoms. The minimum atomic E-state index is -0.405. The molecule has 1 unspecified atom stereocenters. The van der Waals surface area contributed by atoms with Crippen LogP contribution in [0.1, 0.15) is 40.5 Å². The summed E-state index contributed by atoms with van der Waals surface area (Å²) in [5, 5.41) is 16.9. The van der Waals surface area contributed by atoms with E-state index in [1.165, 1.54) is 22.5 Å². The van der Waals surface area contributed by atoms with E-state index in [1.54, 1.807) is 4.68 Å². The van der Waals surface area contributed by atoms with Crippen molar-refractivity contribution in [1.29, 1.82) is 0 Å². The van der Waals surface area contributed by atoms with Gasteiger partial charge in [0, 0.05) is 12.1 Å². The lowest BCUT2D eigenvalue weighted by Gasteiger charge is -2.12. The molecule has 7 heteroatoms. The summed E-state index contributed by atoms with van der Waals surface area (Å²) in [6.45, 7) is 7.74. The summed E-state index contributed by atoms with van der Waals surface area (Å²) in [6.07, 6.45) is 0.711. The van der Waals surface area contributed by atoms with E-state index >= 15 is 0 Å². The summed E-state index contributed by atoms with van der Waals surface area (Å²) >= 11 is 1.40. The van der Waals surface area contributed by atoms with Crippen LogP contribution in [0.4, 0.5) is 5.13 Å². The van der Waals surface area contributed by atoms with Gasteiger partial charge in [-0.2, -0.15) is 5.10 Å². The van der Waals surface area contributed by atoms with E-state index in [4.69, 9.17) is 0 Å². The van der Waals surface area contributed by atoms with Crippen LogP contribution in [0, 0.1) is 20.8 Å². The van der Waals surface area contributed by atoms with E-state index in [0.29, 0.717) is 11.6 Å². The van der Waals surface area contributed by atoms with Gasteiger partial charge in [0.2, 0.25) is 5.13 Å². The second-order valence-electron chi connectivity index (χ2n) is 6.20. The van der Waals surface area contributed by atoms with Gasteiger partial charge in [-0.3, -0.25) is 14.8 Å². The normalized spacial score (nSPS) is 12.2. The molecular weight excluding hydrogens is 334 g/mol. The third kappa shape index (κ3) is 4.11. The first-order valence-electron chi connectivity index (χ1n) is 8.14. The molecule has 0 saturated heterocycles. The number of amides is 1. The molecule has 130 valence electrons. The first kappa shape index (κ1) is 17.3. The van der Waals surface area contributed by atoms with Gasteiger partial charge in [0.05, 0.1) is 5.69 Å². The number of nitrogens with one attached hydrogen (secondary N) is 1. The average Bonchev–Trinajstić information content (AvgIpc) is 3.12. The van der Waals surface area contributed by atoms with Crippen molar-refractivity contribution in [2.24, 2.45) is 0 Å². The monoisotopic (exact) mass is 355 g/mol. The molecule has 1 N–H and O–H groups in total. The quantitative estimate of drug-likeness (QED) is 0.761. The summed E-state index contributed by atoms with van der Waals surface area (Å²) in [5.41, 5.74) is 4.25. The maximum Gasteiger partial charge on any atom is 0.250 e. The molecule has 0 fully saturated rings. The summed E-state index contributed by atoms with van der Waals surface area (Å²) in [6, 6.07) is 9.84. The van der Waals surface area contributed by atoms with Crippen molar-refractivity contribution < 1.29 is 4.79 Å². The van der Waals surface area contributed by atoms with E-state index in [2.05, 4.69) is 45.7 Å². The molecule has 0 aliphatic rings. The van der Waals surface area contributed by atoms with Crippen LogP contribution in [0.2, 0.25) is 0 Å².